The van der Waals surface area contributed by atoms with Crippen LogP contribution < -0.4 is 0 Å². The number of phenols is 1. The lowest BCUT2D eigenvalue weighted by Crippen LogP contribution is -2.03. The first-order valence-electron chi connectivity index (χ1n) is 6.50. The van der Waals surface area contributed by atoms with E-state index in [-0.39, 0.29) is 5.75 Å². The van der Waals surface area contributed by atoms with Gasteiger partial charge in [0.25, 0.3) is 0 Å². The van der Waals surface area contributed by atoms with Crippen molar-refractivity contribution < 1.29 is 14.6 Å². The van der Waals surface area contributed by atoms with Crippen molar-refractivity contribution >= 4 is 11.6 Å². The van der Waals surface area contributed by atoms with E-state index in [1.54, 1.807) is 24.3 Å². The number of phenolic OH excluding ortho intramolecular Hbond substituents is 1. The number of aromatic hydroxyl groups is 1. The third-order valence-corrected chi connectivity index (χ3v) is 3.26. The molecule has 5 nitrogen and oxygen atoms in total. The third kappa shape index (κ3) is 2.58. The van der Waals surface area contributed by atoms with Crippen LogP contribution in [0.25, 0.3) is 5.65 Å². The Bertz CT molecular complexity index is 791. The fourth-order valence-corrected chi connectivity index (χ4v) is 2.24. The monoisotopic (exact) mass is 282 g/mol. The summed E-state index contributed by atoms with van der Waals surface area (Å²) in [5, 5.41) is 9.29. The van der Waals surface area contributed by atoms with Crippen LogP contribution in [0.4, 0.5) is 0 Å². The Morgan fingerprint density at radius 1 is 1.29 bits per heavy atom. The standard InChI is InChI=1S/C16H14N2O3/c1-21-16(20)14-3-2-8-18-10-12(17-15(14)18)9-11-4-6-13(19)7-5-11/h2-8,10,19H,9H2,1H3. The fraction of sp³-hybridized carbons (Fsp3) is 0.125. The number of hydrogen-bond acceptors (Lipinski definition) is 4. The second kappa shape index (κ2) is 5.28. The van der Waals surface area contributed by atoms with E-state index in [0.717, 1.165) is 11.3 Å². The Balaban J connectivity index is 1.97. The second-order valence-electron chi connectivity index (χ2n) is 4.72. The van der Waals surface area contributed by atoms with E-state index < -0.39 is 5.97 Å². The largest absolute Gasteiger partial charge is 0.508 e. The summed E-state index contributed by atoms with van der Waals surface area (Å²) in [7, 11) is 1.35. The van der Waals surface area contributed by atoms with E-state index in [1.165, 1.54) is 7.11 Å². The average Bonchev–Trinajstić information content (AvgIpc) is 2.91. The number of methoxy groups -OCH3 is 1. The topological polar surface area (TPSA) is 63.8 Å². The van der Waals surface area contributed by atoms with Gasteiger partial charge < -0.3 is 14.2 Å². The lowest BCUT2D eigenvalue weighted by molar-refractivity contribution is 0.0602. The maximum Gasteiger partial charge on any atom is 0.341 e. The van der Waals surface area contributed by atoms with Gasteiger partial charge in [0, 0.05) is 18.8 Å². The summed E-state index contributed by atoms with van der Waals surface area (Å²) in [6.07, 6.45) is 4.35. The molecule has 3 rings (SSSR count). The number of benzene rings is 1. The van der Waals surface area contributed by atoms with Gasteiger partial charge in [-0.1, -0.05) is 12.1 Å². The molecule has 0 bridgehead atoms. The van der Waals surface area contributed by atoms with Crippen molar-refractivity contribution in [2.45, 2.75) is 6.42 Å². The maximum absolute atomic E-state index is 11.7. The number of pyridine rings is 1. The van der Waals surface area contributed by atoms with E-state index in [9.17, 15) is 9.90 Å². The lowest BCUT2D eigenvalue weighted by Gasteiger charge is -2.00. The van der Waals surface area contributed by atoms with Crippen molar-refractivity contribution in [3.05, 3.63) is 65.6 Å². The SMILES string of the molecule is COC(=O)c1cccn2cc(Cc3ccc(O)cc3)nc12. The van der Waals surface area contributed by atoms with Crippen LogP contribution in [0.5, 0.6) is 5.75 Å². The van der Waals surface area contributed by atoms with Crippen molar-refractivity contribution in [1.29, 1.82) is 0 Å². The van der Waals surface area contributed by atoms with Gasteiger partial charge in [0.05, 0.1) is 12.8 Å². The quantitative estimate of drug-likeness (QED) is 0.749. The van der Waals surface area contributed by atoms with Gasteiger partial charge in [0.1, 0.15) is 11.3 Å². The van der Waals surface area contributed by atoms with Crippen LogP contribution in [0, 0.1) is 0 Å². The summed E-state index contributed by atoms with van der Waals surface area (Å²) in [5.74, 6) is -0.163. The van der Waals surface area contributed by atoms with Crippen LogP contribution in [0.15, 0.2) is 48.8 Å². The second-order valence-corrected chi connectivity index (χ2v) is 4.72. The van der Waals surface area contributed by atoms with Crippen LogP contribution in [0.3, 0.4) is 0 Å². The molecular formula is C16H14N2O3. The molecule has 0 amide bonds. The number of nitrogens with zero attached hydrogens (tertiary/aromatic N) is 2. The van der Waals surface area contributed by atoms with E-state index in [1.807, 2.05) is 28.9 Å². The number of esters is 1. The zero-order valence-electron chi connectivity index (χ0n) is 11.5. The van der Waals surface area contributed by atoms with Gasteiger partial charge in [-0.05, 0) is 29.8 Å². The summed E-state index contributed by atoms with van der Waals surface area (Å²) >= 11 is 0. The van der Waals surface area contributed by atoms with Crippen molar-refractivity contribution in [2.24, 2.45) is 0 Å². The summed E-state index contributed by atoms with van der Waals surface area (Å²) in [5.41, 5.74) is 2.91. The Kier molecular flexibility index (Phi) is 3.31. The third-order valence-electron chi connectivity index (χ3n) is 3.26. The number of imidazole rings is 1. The highest BCUT2D eigenvalue weighted by atomic mass is 16.5. The molecule has 0 spiro atoms. The molecule has 0 aliphatic heterocycles. The predicted octanol–water partition coefficient (Wildman–Crippen LogP) is 2.42. The smallest absolute Gasteiger partial charge is 0.341 e. The Hall–Kier alpha value is -2.82. The molecule has 0 aliphatic rings. The molecule has 0 unspecified atom stereocenters. The van der Waals surface area contributed by atoms with Crippen LogP contribution in [-0.2, 0) is 11.2 Å². The van der Waals surface area contributed by atoms with E-state index in [2.05, 4.69) is 4.98 Å². The normalized spacial score (nSPS) is 10.7. The number of carbonyl (C=O) groups excluding carboxylic acids is 1. The molecule has 0 saturated carbocycles. The molecule has 5 heteroatoms. The first-order chi connectivity index (χ1) is 10.2. The van der Waals surface area contributed by atoms with Crippen LogP contribution >= 0.6 is 0 Å². The van der Waals surface area contributed by atoms with Crippen LogP contribution in [-0.4, -0.2) is 27.6 Å². The molecule has 2 heterocycles. The van der Waals surface area contributed by atoms with Crippen LogP contribution in [0.1, 0.15) is 21.6 Å². The van der Waals surface area contributed by atoms with Gasteiger partial charge in [-0.3, -0.25) is 0 Å². The van der Waals surface area contributed by atoms with Crippen molar-refractivity contribution in [1.82, 2.24) is 9.38 Å². The minimum absolute atomic E-state index is 0.238. The summed E-state index contributed by atoms with van der Waals surface area (Å²) in [4.78, 5) is 16.2. The lowest BCUT2D eigenvalue weighted by atomic mass is 10.1. The van der Waals surface area contributed by atoms with Crippen LogP contribution in [0.2, 0.25) is 0 Å². The number of rotatable bonds is 3. The Labute approximate surface area is 121 Å². The number of carbonyl (C=O) groups is 1. The van der Waals surface area contributed by atoms with Gasteiger partial charge in [-0.15, -0.1) is 0 Å². The van der Waals surface area contributed by atoms with Gasteiger partial charge in [0.2, 0.25) is 0 Å². The minimum Gasteiger partial charge on any atom is -0.508 e. The Morgan fingerprint density at radius 2 is 2.05 bits per heavy atom. The van der Waals surface area contributed by atoms with Gasteiger partial charge in [-0.2, -0.15) is 0 Å². The van der Waals surface area contributed by atoms with Crippen molar-refractivity contribution in [3.8, 4) is 5.75 Å². The van der Waals surface area contributed by atoms with E-state index in [4.69, 9.17) is 4.74 Å². The van der Waals surface area contributed by atoms with Gasteiger partial charge in [-0.25, -0.2) is 9.78 Å². The van der Waals surface area contributed by atoms with E-state index in [0.29, 0.717) is 17.6 Å². The average molecular weight is 282 g/mol. The molecule has 3 aromatic rings. The molecule has 2 aromatic heterocycles. The first-order valence-corrected chi connectivity index (χ1v) is 6.50. The molecule has 106 valence electrons. The molecule has 21 heavy (non-hydrogen) atoms. The highest BCUT2D eigenvalue weighted by molar-refractivity contribution is 5.95. The highest BCUT2D eigenvalue weighted by Gasteiger charge is 2.13. The Morgan fingerprint density at radius 3 is 2.76 bits per heavy atom. The molecular weight excluding hydrogens is 268 g/mol. The molecule has 0 aliphatic carbocycles. The molecule has 0 radical (unpaired) electrons. The summed E-state index contributed by atoms with van der Waals surface area (Å²) in [6, 6.07) is 10.5. The number of hydrogen-bond donors (Lipinski definition) is 1. The summed E-state index contributed by atoms with van der Waals surface area (Å²) in [6.45, 7) is 0. The highest BCUT2D eigenvalue weighted by Crippen LogP contribution is 2.16. The van der Waals surface area contributed by atoms with E-state index >= 15 is 0 Å². The molecule has 0 fully saturated rings. The zero-order valence-corrected chi connectivity index (χ0v) is 11.5. The molecule has 1 aromatic carbocycles. The molecule has 0 saturated heterocycles. The number of aromatic nitrogens is 2. The van der Waals surface area contributed by atoms with Crippen molar-refractivity contribution in [3.63, 3.8) is 0 Å². The molecule has 0 atom stereocenters. The fourth-order valence-electron chi connectivity index (χ4n) is 2.24. The summed E-state index contributed by atoms with van der Waals surface area (Å²) < 4.78 is 6.57. The number of ether oxygens (including phenoxy) is 1. The first kappa shape index (κ1) is 13.2. The zero-order chi connectivity index (χ0) is 14.8. The molecule has 1 N–H and O–H groups in total. The van der Waals surface area contributed by atoms with Gasteiger partial charge >= 0.3 is 5.97 Å². The number of fused-ring (bicyclic) bond motifs is 1. The van der Waals surface area contributed by atoms with Gasteiger partial charge in [0.15, 0.2) is 5.65 Å². The predicted molar refractivity (Wildman–Crippen MR) is 77.4 cm³/mol. The minimum atomic E-state index is -0.401. The maximum atomic E-state index is 11.7. The van der Waals surface area contributed by atoms with Crippen molar-refractivity contribution in [2.75, 3.05) is 7.11 Å².